The van der Waals surface area contributed by atoms with Crippen molar-refractivity contribution in [3.05, 3.63) is 24.0 Å². The molecular weight excluding hydrogens is 222 g/mol. The van der Waals surface area contributed by atoms with E-state index >= 15 is 0 Å². The number of imidazole rings is 1. The first-order valence-corrected chi connectivity index (χ1v) is 7.02. The Labute approximate surface area is 108 Å². The van der Waals surface area contributed by atoms with Crippen molar-refractivity contribution in [3.8, 4) is 0 Å². The molecule has 1 saturated carbocycles. The van der Waals surface area contributed by atoms with Crippen LogP contribution in [0.1, 0.15) is 38.4 Å². The molecule has 0 spiro atoms. The average Bonchev–Trinajstić information content (AvgIpc) is 3.11. The molecule has 1 aromatic heterocycles. The fourth-order valence-corrected chi connectivity index (χ4v) is 2.66. The predicted molar refractivity (Wildman–Crippen MR) is 75.5 cm³/mol. The number of hydrogen-bond donors (Lipinski definition) is 1. The Balaban J connectivity index is 1.86. The summed E-state index contributed by atoms with van der Waals surface area (Å²) in [7, 11) is 0. The van der Waals surface area contributed by atoms with Gasteiger partial charge in [-0.15, -0.1) is 0 Å². The van der Waals surface area contributed by atoms with E-state index in [9.17, 15) is 0 Å². The van der Waals surface area contributed by atoms with Gasteiger partial charge in [0.05, 0.1) is 11.0 Å². The second-order valence-corrected chi connectivity index (χ2v) is 5.37. The molecule has 0 unspecified atom stereocenters. The summed E-state index contributed by atoms with van der Waals surface area (Å²) in [4.78, 5) is 4.69. The van der Waals surface area contributed by atoms with E-state index in [1.165, 1.54) is 37.0 Å². The van der Waals surface area contributed by atoms with E-state index in [2.05, 4.69) is 22.5 Å². The van der Waals surface area contributed by atoms with Gasteiger partial charge in [0.1, 0.15) is 5.82 Å². The van der Waals surface area contributed by atoms with Gasteiger partial charge >= 0.3 is 0 Å². The third-order valence-electron chi connectivity index (χ3n) is 3.86. The molecule has 0 radical (unpaired) electrons. The van der Waals surface area contributed by atoms with Crippen LogP contribution in [0.4, 0.5) is 5.69 Å². The van der Waals surface area contributed by atoms with E-state index in [0.29, 0.717) is 0 Å². The first-order chi connectivity index (χ1) is 8.78. The van der Waals surface area contributed by atoms with Crippen molar-refractivity contribution in [2.75, 3.05) is 5.73 Å². The number of nitrogens with zero attached hydrogens (tertiary/aromatic N) is 2. The second kappa shape index (κ2) is 4.63. The van der Waals surface area contributed by atoms with Crippen molar-refractivity contribution >= 4 is 16.7 Å². The Morgan fingerprint density at radius 2 is 2.22 bits per heavy atom. The minimum atomic E-state index is 0.799. The van der Waals surface area contributed by atoms with Gasteiger partial charge in [-0.2, -0.15) is 0 Å². The van der Waals surface area contributed by atoms with Crippen LogP contribution in [0.15, 0.2) is 18.2 Å². The zero-order chi connectivity index (χ0) is 12.5. The molecule has 1 aliphatic rings. The van der Waals surface area contributed by atoms with Gasteiger partial charge in [-0.05, 0) is 37.0 Å². The van der Waals surface area contributed by atoms with E-state index in [0.717, 1.165) is 30.1 Å². The molecular formula is C15H21N3. The highest BCUT2D eigenvalue weighted by Crippen LogP contribution is 2.33. The van der Waals surface area contributed by atoms with E-state index in [4.69, 9.17) is 5.73 Å². The molecule has 2 N–H and O–H groups in total. The summed E-state index contributed by atoms with van der Waals surface area (Å²) in [5.74, 6) is 2.20. The van der Waals surface area contributed by atoms with Crippen molar-refractivity contribution in [1.82, 2.24) is 9.55 Å². The van der Waals surface area contributed by atoms with Crippen LogP contribution in [0.2, 0.25) is 0 Å². The lowest BCUT2D eigenvalue weighted by atomic mass is 10.2. The maximum Gasteiger partial charge on any atom is 0.109 e. The van der Waals surface area contributed by atoms with Crippen molar-refractivity contribution < 1.29 is 0 Å². The molecule has 0 atom stereocenters. The number of anilines is 1. The Morgan fingerprint density at radius 3 is 2.94 bits per heavy atom. The van der Waals surface area contributed by atoms with Gasteiger partial charge in [-0.3, -0.25) is 0 Å². The summed E-state index contributed by atoms with van der Waals surface area (Å²) in [5, 5.41) is 0. The Bertz CT molecular complexity index is 552. The number of hydrogen-bond acceptors (Lipinski definition) is 2. The zero-order valence-corrected chi connectivity index (χ0v) is 11.0. The minimum absolute atomic E-state index is 0.799. The van der Waals surface area contributed by atoms with Crippen LogP contribution in [0, 0.1) is 5.92 Å². The maximum atomic E-state index is 5.82. The highest BCUT2D eigenvalue weighted by Gasteiger charge is 2.20. The minimum Gasteiger partial charge on any atom is -0.399 e. The van der Waals surface area contributed by atoms with Gasteiger partial charge in [0.25, 0.3) is 0 Å². The van der Waals surface area contributed by atoms with Crippen LogP contribution in [0.3, 0.4) is 0 Å². The smallest absolute Gasteiger partial charge is 0.109 e. The molecule has 1 heterocycles. The Hall–Kier alpha value is -1.51. The van der Waals surface area contributed by atoms with Gasteiger partial charge in [0, 0.05) is 18.7 Å². The lowest BCUT2D eigenvalue weighted by Gasteiger charge is -2.07. The summed E-state index contributed by atoms with van der Waals surface area (Å²) in [6.45, 7) is 3.27. The molecule has 0 saturated heterocycles. The van der Waals surface area contributed by atoms with Crippen LogP contribution in [-0.2, 0) is 13.0 Å². The lowest BCUT2D eigenvalue weighted by molar-refractivity contribution is 0.571. The molecule has 3 nitrogen and oxygen atoms in total. The van der Waals surface area contributed by atoms with E-state index in [1.807, 2.05) is 12.1 Å². The van der Waals surface area contributed by atoms with Crippen molar-refractivity contribution in [3.63, 3.8) is 0 Å². The van der Waals surface area contributed by atoms with Gasteiger partial charge in [0.15, 0.2) is 0 Å². The highest BCUT2D eigenvalue weighted by atomic mass is 15.1. The van der Waals surface area contributed by atoms with Crippen molar-refractivity contribution in [2.24, 2.45) is 5.92 Å². The summed E-state index contributed by atoms with van der Waals surface area (Å²) < 4.78 is 2.37. The largest absolute Gasteiger partial charge is 0.399 e. The van der Waals surface area contributed by atoms with E-state index in [-0.39, 0.29) is 0 Å². The first kappa shape index (κ1) is 11.6. The maximum absolute atomic E-state index is 5.82. The van der Waals surface area contributed by atoms with Gasteiger partial charge in [-0.1, -0.05) is 19.8 Å². The Morgan fingerprint density at radius 1 is 1.39 bits per heavy atom. The molecule has 18 heavy (non-hydrogen) atoms. The SMILES string of the molecule is CCc1nc2cc(N)ccc2n1CCCC1CC1. The van der Waals surface area contributed by atoms with Crippen LogP contribution >= 0.6 is 0 Å². The highest BCUT2D eigenvalue weighted by molar-refractivity contribution is 5.79. The van der Waals surface area contributed by atoms with Crippen LogP contribution in [-0.4, -0.2) is 9.55 Å². The molecule has 0 amide bonds. The van der Waals surface area contributed by atoms with Crippen LogP contribution in [0.25, 0.3) is 11.0 Å². The molecule has 3 rings (SSSR count). The topological polar surface area (TPSA) is 43.8 Å². The monoisotopic (exact) mass is 243 g/mol. The van der Waals surface area contributed by atoms with Gasteiger partial charge in [0.2, 0.25) is 0 Å². The zero-order valence-electron chi connectivity index (χ0n) is 11.0. The predicted octanol–water partition coefficient (Wildman–Crippen LogP) is 3.37. The van der Waals surface area contributed by atoms with E-state index < -0.39 is 0 Å². The number of aromatic nitrogens is 2. The summed E-state index contributed by atoms with van der Waals surface area (Å²) in [6, 6.07) is 6.06. The summed E-state index contributed by atoms with van der Waals surface area (Å²) in [5.41, 5.74) is 8.90. The summed E-state index contributed by atoms with van der Waals surface area (Å²) in [6.07, 6.45) is 6.52. The van der Waals surface area contributed by atoms with Crippen molar-refractivity contribution in [2.45, 2.75) is 45.6 Å². The standard InChI is InChI=1S/C15H21N3/c1-2-15-17-13-10-12(16)7-8-14(13)18(15)9-3-4-11-5-6-11/h7-8,10-11H,2-6,9,16H2,1H3. The Kier molecular flexibility index (Phi) is 2.98. The lowest BCUT2D eigenvalue weighted by Crippen LogP contribution is -2.03. The summed E-state index contributed by atoms with van der Waals surface area (Å²) >= 11 is 0. The number of benzene rings is 1. The molecule has 1 aromatic carbocycles. The second-order valence-electron chi connectivity index (χ2n) is 5.37. The first-order valence-electron chi connectivity index (χ1n) is 7.02. The van der Waals surface area contributed by atoms with E-state index in [1.54, 1.807) is 0 Å². The fourth-order valence-electron chi connectivity index (χ4n) is 2.66. The number of fused-ring (bicyclic) bond motifs is 1. The number of rotatable bonds is 5. The third-order valence-corrected chi connectivity index (χ3v) is 3.86. The molecule has 96 valence electrons. The molecule has 1 fully saturated rings. The fraction of sp³-hybridized carbons (Fsp3) is 0.533. The molecule has 3 heteroatoms. The van der Waals surface area contributed by atoms with Crippen LogP contribution in [0.5, 0.6) is 0 Å². The molecule has 1 aliphatic carbocycles. The number of aryl methyl sites for hydroxylation is 2. The number of nitrogens with two attached hydrogens (primary N) is 1. The van der Waals surface area contributed by atoms with Gasteiger partial charge < -0.3 is 10.3 Å². The molecule has 0 aliphatic heterocycles. The molecule has 2 aromatic rings. The van der Waals surface area contributed by atoms with Crippen LogP contribution < -0.4 is 5.73 Å². The third kappa shape index (κ3) is 2.22. The van der Waals surface area contributed by atoms with Crippen molar-refractivity contribution in [1.29, 1.82) is 0 Å². The van der Waals surface area contributed by atoms with Gasteiger partial charge in [-0.25, -0.2) is 4.98 Å². The molecule has 0 bridgehead atoms. The normalized spacial score (nSPS) is 15.4. The number of nitrogen functional groups attached to an aromatic ring is 1. The quantitative estimate of drug-likeness (QED) is 0.818. The average molecular weight is 243 g/mol.